The van der Waals surface area contributed by atoms with E-state index < -0.39 is 0 Å². The number of carbonyl (C=O) groups is 2. The number of hydrogen-bond acceptors (Lipinski definition) is 3. The molecule has 1 fully saturated rings. The van der Waals surface area contributed by atoms with Gasteiger partial charge in [0.1, 0.15) is 12.4 Å². The molecule has 6 nitrogen and oxygen atoms in total. The summed E-state index contributed by atoms with van der Waals surface area (Å²) in [6.45, 7) is 4.23. The van der Waals surface area contributed by atoms with Crippen molar-refractivity contribution < 1.29 is 14.3 Å². The number of urea groups is 1. The van der Waals surface area contributed by atoms with Crippen molar-refractivity contribution in [3.63, 3.8) is 0 Å². The van der Waals surface area contributed by atoms with E-state index in [-0.39, 0.29) is 23.9 Å². The molecule has 2 aliphatic heterocycles. The molecule has 0 saturated carbocycles. The molecule has 0 aliphatic carbocycles. The molecule has 152 valence electrons. The number of nitrogens with zero attached hydrogens (tertiary/aromatic N) is 2. The van der Waals surface area contributed by atoms with Crippen LogP contribution in [0.1, 0.15) is 31.4 Å². The van der Waals surface area contributed by atoms with Gasteiger partial charge in [-0.15, -0.1) is 0 Å². The summed E-state index contributed by atoms with van der Waals surface area (Å²) in [6.07, 6.45) is 1.37. The number of benzene rings is 2. The standard InChI is InChI=1S/C23H27N3O3/c1-17(18-7-3-2-4-8-18)24-22(27)19-11-13-25(14-12-19)23(28)26-15-16-29-21-10-6-5-9-20(21)26/h2-10,17,19H,11-16H2,1H3,(H,24,27)/t17-/m0/s1. The predicted octanol–water partition coefficient (Wildman–Crippen LogP) is 3.59. The minimum atomic E-state index is -0.0535. The van der Waals surface area contributed by atoms with Crippen LogP contribution in [-0.4, -0.2) is 43.1 Å². The van der Waals surface area contributed by atoms with Crippen LogP contribution in [-0.2, 0) is 4.79 Å². The van der Waals surface area contributed by atoms with Gasteiger partial charge < -0.3 is 15.0 Å². The Morgan fingerprint density at radius 1 is 1.00 bits per heavy atom. The maximum absolute atomic E-state index is 13.1. The van der Waals surface area contributed by atoms with Crippen LogP contribution in [0.25, 0.3) is 0 Å². The maximum Gasteiger partial charge on any atom is 0.324 e. The summed E-state index contributed by atoms with van der Waals surface area (Å²) in [5.74, 6) is 0.767. The summed E-state index contributed by atoms with van der Waals surface area (Å²) in [5, 5.41) is 3.12. The summed E-state index contributed by atoms with van der Waals surface area (Å²) < 4.78 is 5.65. The van der Waals surface area contributed by atoms with E-state index in [2.05, 4.69) is 5.32 Å². The third-order valence-electron chi connectivity index (χ3n) is 5.75. The largest absolute Gasteiger partial charge is 0.490 e. The molecule has 0 bridgehead atoms. The lowest BCUT2D eigenvalue weighted by molar-refractivity contribution is -0.126. The van der Waals surface area contributed by atoms with Gasteiger partial charge in [0.15, 0.2) is 0 Å². The molecule has 2 heterocycles. The van der Waals surface area contributed by atoms with Crippen LogP contribution in [0.3, 0.4) is 0 Å². The topological polar surface area (TPSA) is 61.9 Å². The number of ether oxygens (including phenoxy) is 1. The number of piperidine rings is 1. The lowest BCUT2D eigenvalue weighted by atomic mass is 9.95. The number of amides is 3. The van der Waals surface area contributed by atoms with Gasteiger partial charge in [0.2, 0.25) is 5.91 Å². The molecule has 0 aromatic heterocycles. The van der Waals surface area contributed by atoms with Crippen LogP contribution in [0.5, 0.6) is 5.75 Å². The summed E-state index contributed by atoms with van der Waals surface area (Å²) in [7, 11) is 0. The molecule has 0 unspecified atom stereocenters. The second-order valence-electron chi connectivity index (χ2n) is 7.65. The first-order chi connectivity index (χ1) is 14.1. The fraction of sp³-hybridized carbons (Fsp3) is 0.391. The Bertz CT molecular complexity index is 863. The average Bonchev–Trinajstić information content (AvgIpc) is 2.79. The molecule has 1 N–H and O–H groups in total. The zero-order chi connectivity index (χ0) is 20.2. The van der Waals surface area contributed by atoms with Crippen molar-refractivity contribution in [2.45, 2.75) is 25.8 Å². The first-order valence-electron chi connectivity index (χ1n) is 10.3. The van der Waals surface area contributed by atoms with E-state index in [1.165, 1.54) is 0 Å². The smallest absolute Gasteiger partial charge is 0.324 e. The van der Waals surface area contributed by atoms with Crippen LogP contribution >= 0.6 is 0 Å². The molecule has 4 rings (SSSR count). The van der Waals surface area contributed by atoms with Crippen molar-refractivity contribution in [3.8, 4) is 5.75 Å². The van der Waals surface area contributed by atoms with Crippen molar-refractivity contribution >= 4 is 17.6 Å². The van der Waals surface area contributed by atoms with Gasteiger partial charge in [-0.3, -0.25) is 9.69 Å². The zero-order valence-corrected chi connectivity index (χ0v) is 16.7. The molecule has 3 amide bonds. The van der Waals surface area contributed by atoms with E-state index in [1.54, 1.807) is 4.90 Å². The van der Waals surface area contributed by atoms with Crippen LogP contribution in [0.4, 0.5) is 10.5 Å². The van der Waals surface area contributed by atoms with E-state index in [4.69, 9.17) is 4.74 Å². The first-order valence-corrected chi connectivity index (χ1v) is 10.3. The first kappa shape index (κ1) is 19.3. The summed E-state index contributed by atoms with van der Waals surface area (Å²) >= 11 is 0. The summed E-state index contributed by atoms with van der Waals surface area (Å²) in [5.41, 5.74) is 1.92. The Kier molecular flexibility index (Phi) is 5.69. The Balaban J connectivity index is 1.33. The third-order valence-corrected chi connectivity index (χ3v) is 5.75. The third kappa shape index (κ3) is 4.21. The lowest BCUT2D eigenvalue weighted by Gasteiger charge is -2.37. The van der Waals surface area contributed by atoms with Crippen LogP contribution in [0, 0.1) is 5.92 Å². The zero-order valence-electron chi connectivity index (χ0n) is 16.7. The fourth-order valence-corrected chi connectivity index (χ4v) is 4.03. The lowest BCUT2D eigenvalue weighted by Crippen LogP contribution is -2.50. The molecule has 2 aromatic carbocycles. The summed E-state index contributed by atoms with van der Waals surface area (Å²) in [6, 6.07) is 17.6. The highest BCUT2D eigenvalue weighted by Crippen LogP contribution is 2.32. The second-order valence-corrected chi connectivity index (χ2v) is 7.65. The molecule has 29 heavy (non-hydrogen) atoms. The van der Waals surface area contributed by atoms with Gasteiger partial charge in [-0.1, -0.05) is 42.5 Å². The Hall–Kier alpha value is -3.02. The Morgan fingerprint density at radius 3 is 2.45 bits per heavy atom. The van der Waals surface area contributed by atoms with Gasteiger partial charge in [0.05, 0.1) is 18.3 Å². The van der Waals surface area contributed by atoms with E-state index in [0.29, 0.717) is 39.1 Å². The SMILES string of the molecule is C[C@H](NC(=O)C1CCN(C(=O)N2CCOc3ccccc32)CC1)c1ccccc1. The molecule has 2 aromatic rings. The monoisotopic (exact) mass is 393 g/mol. The minimum absolute atomic E-state index is 0.00254. The van der Waals surface area contributed by atoms with Crippen molar-refractivity contribution in [1.29, 1.82) is 0 Å². The Labute approximate surface area is 171 Å². The molecule has 2 aliphatic rings. The molecule has 1 saturated heterocycles. The normalized spacial score (nSPS) is 17.8. The molecule has 1 atom stereocenters. The van der Waals surface area contributed by atoms with Crippen LogP contribution in [0.2, 0.25) is 0 Å². The van der Waals surface area contributed by atoms with E-state index >= 15 is 0 Å². The Morgan fingerprint density at radius 2 is 1.69 bits per heavy atom. The predicted molar refractivity (Wildman–Crippen MR) is 112 cm³/mol. The van der Waals surface area contributed by atoms with Gasteiger partial charge in [-0.05, 0) is 37.5 Å². The number of anilines is 1. The molecule has 0 radical (unpaired) electrons. The quantitative estimate of drug-likeness (QED) is 0.867. The minimum Gasteiger partial charge on any atom is -0.490 e. The van der Waals surface area contributed by atoms with Gasteiger partial charge >= 0.3 is 6.03 Å². The highest BCUT2D eigenvalue weighted by atomic mass is 16.5. The highest BCUT2D eigenvalue weighted by molar-refractivity contribution is 5.94. The van der Waals surface area contributed by atoms with E-state index in [1.807, 2.05) is 66.4 Å². The molecule has 6 heteroatoms. The molecule has 0 spiro atoms. The van der Waals surface area contributed by atoms with Gasteiger partial charge in [-0.2, -0.15) is 0 Å². The number of nitrogens with one attached hydrogen (secondary N) is 1. The van der Waals surface area contributed by atoms with Crippen molar-refractivity contribution in [3.05, 3.63) is 60.2 Å². The van der Waals surface area contributed by atoms with Crippen molar-refractivity contribution in [2.24, 2.45) is 5.92 Å². The van der Waals surface area contributed by atoms with E-state index in [0.717, 1.165) is 17.0 Å². The number of para-hydroxylation sites is 2. The van der Waals surface area contributed by atoms with Gasteiger partial charge in [0.25, 0.3) is 0 Å². The van der Waals surface area contributed by atoms with Gasteiger partial charge in [-0.25, -0.2) is 4.79 Å². The number of fused-ring (bicyclic) bond motifs is 1. The fourth-order valence-electron chi connectivity index (χ4n) is 4.03. The molecular weight excluding hydrogens is 366 g/mol. The number of hydrogen-bond donors (Lipinski definition) is 1. The van der Waals surface area contributed by atoms with Crippen molar-refractivity contribution in [1.82, 2.24) is 10.2 Å². The highest BCUT2D eigenvalue weighted by Gasteiger charge is 2.32. The van der Waals surface area contributed by atoms with Gasteiger partial charge in [0, 0.05) is 19.0 Å². The van der Waals surface area contributed by atoms with Crippen molar-refractivity contribution in [2.75, 3.05) is 31.1 Å². The average molecular weight is 393 g/mol. The van der Waals surface area contributed by atoms with E-state index in [9.17, 15) is 9.59 Å². The number of carbonyl (C=O) groups excluding carboxylic acids is 2. The number of rotatable bonds is 3. The van der Waals surface area contributed by atoms with Crippen LogP contribution < -0.4 is 15.0 Å². The van der Waals surface area contributed by atoms with Crippen LogP contribution in [0.15, 0.2) is 54.6 Å². The second kappa shape index (κ2) is 8.55. The number of likely N-dealkylation sites (tertiary alicyclic amines) is 1. The maximum atomic E-state index is 13.1. The molecular formula is C23H27N3O3. The summed E-state index contributed by atoms with van der Waals surface area (Å²) in [4.78, 5) is 29.4.